The van der Waals surface area contributed by atoms with E-state index in [4.69, 9.17) is 0 Å². The van der Waals surface area contributed by atoms with Crippen molar-refractivity contribution in [2.75, 3.05) is 0 Å². The maximum atomic E-state index is 12.3. The smallest absolute Gasteiger partial charge is 0.747 e. The van der Waals surface area contributed by atoms with E-state index in [-0.39, 0.29) is 120 Å². The summed E-state index contributed by atoms with van der Waals surface area (Å²) >= 11 is 0. The second-order valence-electron chi connectivity index (χ2n) is 4.75. The number of hydrogen-bond donors (Lipinski definition) is 0. The molecular formula is C12H10K2O8S2. The van der Waals surface area contributed by atoms with Gasteiger partial charge in [-0.25, -0.2) is 16.8 Å². The molecule has 0 radical (unpaired) electrons. The molecule has 0 aromatic heterocycles. The van der Waals surface area contributed by atoms with Crippen LogP contribution in [0.5, 0.6) is 0 Å². The molecule has 1 aliphatic carbocycles. The summed E-state index contributed by atoms with van der Waals surface area (Å²) in [6, 6.07) is 3.95. The SMILES string of the molecule is CCc1cccc2c1C(=O)C(S(=O)(=O)[O-])C(S(=O)(=O)[O-])C2=O.[K+].[K+]. The van der Waals surface area contributed by atoms with Crippen molar-refractivity contribution in [2.45, 2.75) is 23.8 Å². The number of benzene rings is 1. The van der Waals surface area contributed by atoms with Crippen LogP contribution in [0.15, 0.2) is 18.2 Å². The number of hydrogen-bond acceptors (Lipinski definition) is 8. The third-order valence-corrected chi connectivity index (χ3v) is 5.85. The topological polar surface area (TPSA) is 149 Å². The van der Waals surface area contributed by atoms with Crippen LogP contribution >= 0.6 is 0 Å². The summed E-state index contributed by atoms with van der Waals surface area (Å²) in [7, 11) is -11.0. The summed E-state index contributed by atoms with van der Waals surface area (Å²) in [5.74, 6) is -2.67. The molecule has 0 spiro atoms. The Morgan fingerprint density at radius 1 is 0.917 bits per heavy atom. The van der Waals surface area contributed by atoms with Crippen LogP contribution in [0.3, 0.4) is 0 Å². The van der Waals surface area contributed by atoms with Crippen LogP contribution in [0.2, 0.25) is 0 Å². The number of aryl methyl sites for hydroxylation is 1. The van der Waals surface area contributed by atoms with Crippen molar-refractivity contribution in [1.29, 1.82) is 0 Å². The van der Waals surface area contributed by atoms with Gasteiger partial charge in [0.1, 0.15) is 30.7 Å². The van der Waals surface area contributed by atoms with E-state index in [1.807, 2.05) is 0 Å². The minimum Gasteiger partial charge on any atom is -0.747 e. The monoisotopic (exact) mass is 424 g/mol. The molecule has 0 amide bonds. The predicted octanol–water partition coefficient (Wildman–Crippen LogP) is -6.54. The summed E-state index contributed by atoms with van der Waals surface area (Å²) in [5, 5.41) is -5.50. The van der Waals surface area contributed by atoms with E-state index in [9.17, 15) is 35.5 Å². The minimum absolute atomic E-state index is 0. The largest absolute Gasteiger partial charge is 1.00 e. The summed E-state index contributed by atoms with van der Waals surface area (Å²) in [4.78, 5) is 24.5. The first-order valence-corrected chi connectivity index (χ1v) is 9.04. The molecule has 12 heteroatoms. The molecule has 0 aliphatic heterocycles. The van der Waals surface area contributed by atoms with E-state index in [0.29, 0.717) is 5.56 Å². The maximum Gasteiger partial charge on any atom is 1.00 e. The van der Waals surface area contributed by atoms with Gasteiger partial charge in [-0.2, -0.15) is 0 Å². The standard InChI is InChI=1S/C12H12O8S2.2K/c1-2-6-4-3-5-7-8(6)10(14)12(22(18,19)20)11(9(7)13)21(15,16)17;;/h3-5,11-12H,2H2,1H3,(H,15,16,17)(H,18,19,20);;/q;2*+1/p-2. The van der Waals surface area contributed by atoms with Crippen molar-refractivity contribution in [1.82, 2.24) is 0 Å². The molecule has 2 rings (SSSR count). The van der Waals surface area contributed by atoms with E-state index >= 15 is 0 Å². The zero-order chi connectivity index (χ0) is 16.9. The van der Waals surface area contributed by atoms with Gasteiger partial charge in [-0.1, -0.05) is 25.1 Å². The fourth-order valence-corrected chi connectivity index (χ4v) is 4.96. The summed E-state index contributed by atoms with van der Waals surface area (Å²) in [6.07, 6.45) is 0.253. The third kappa shape index (κ3) is 4.92. The van der Waals surface area contributed by atoms with E-state index in [1.165, 1.54) is 12.1 Å². The molecule has 0 saturated heterocycles. The summed E-state index contributed by atoms with van der Waals surface area (Å²) in [6.45, 7) is 1.63. The first-order valence-electron chi connectivity index (χ1n) is 6.10. The van der Waals surface area contributed by atoms with E-state index in [1.54, 1.807) is 6.92 Å². The van der Waals surface area contributed by atoms with Crippen molar-refractivity contribution in [3.05, 3.63) is 34.9 Å². The molecule has 2 unspecified atom stereocenters. The Hall–Kier alpha value is 1.65. The van der Waals surface area contributed by atoms with Gasteiger partial charge >= 0.3 is 103 Å². The number of fused-ring (bicyclic) bond motifs is 1. The molecule has 1 aliphatic rings. The summed E-state index contributed by atoms with van der Waals surface area (Å²) < 4.78 is 67.5. The Labute approximate surface area is 224 Å². The predicted molar refractivity (Wildman–Crippen MR) is 71.5 cm³/mol. The van der Waals surface area contributed by atoms with Crippen LogP contribution in [0, 0.1) is 0 Å². The molecule has 0 heterocycles. The zero-order valence-electron chi connectivity index (χ0n) is 13.2. The second kappa shape index (κ2) is 9.23. The van der Waals surface area contributed by atoms with Gasteiger partial charge in [0.15, 0.2) is 11.6 Å². The maximum absolute atomic E-state index is 12.3. The Morgan fingerprint density at radius 2 is 1.38 bits per heavy atom. The average Bonchev–Trinajstić information content (AvgIpc) is 2.38. The van der Waals surface area contributed by atoms with Crippen molar-refractivity contribution in [3.63, 3.8) is 0 Å². The number of carbonyl (C=O) groups is 2. The van der Waals surface area contributed by atoms with Crippen LogP contribution in [-0.2, 0) is 26.7 Å². The number of carbonyl (C=O) groups excluding carboxylic acids is 2. The third-order valence-electron chi connectivity index (χ3n) is 3.46. The molecule has 24 heavy (non-hydrogen) atoms. The fourth-order valence-electron chi connectivity index (χ4n) is 2.53. The fraction of sp³-hybridized carbons (Fsp3) is 0.333. The molecule has 1 aromatic carbocycles. The first kappa shape index (κ1) is 25.7. The first-order chi connectivity index (χ1) is 10.00. The van der Waals surface area contributed by atoms with Crippen molar-refractivity contribution in [2.24, 2.45) is 0 Å². The van der Waals surface area contributed by atoms with Gasteiger partial charge in [-0.05, 0) is 12.0 Å². The van der Waals surface area contributed by atoms with Crippen LogP contribution in [-0.4, -0.2) is 48.0 Å². The second-order valence-corrected chi connectivity index (χ2v) is 7.74. The Balaban J connectivity index is 0.00000264. The van der Waals surface area contributed by atoms with E-state index in [2.05, 4.69) is 0 Å². The van der Waals surface area contributed by atoms with Gasteiger partial charge < -0.3 is 9.11 Å². The number of rotatable bonds is 3. The molecule has 0 N–H and O–H groups in total. The van der Waals surface area contributed by atoms with Gasteiger partial charge in [-0.3, -0.25) is 9.59 Å². The van der Waals surface area contributed by atoms with Gasteiger partial charge in [-0.15, -0.1) is 0 Å². The van der Waals surface area contributed by atoms with Gasteiger partial charge in [0.25, 0.3) is 0 Å². The Bertz CT molecular complexity index is 876. The molecular weight excluding hydrogens is 414 g/mol. The van der Waals surface area contributed by atoms with Crippen LogP contribution < -0.4 is 103 Å². The van der Waals surface area contributed by atoms with Gasteiger partial charge in [0, 0.05) is 11.1 Å². The molecule has 120 valence electrons. The molecule has 2 atom stereocenters. The van der Waals surface area contributed by atoms with E-state index in [0.717, 1.165) is 6.07 Å². The minimum atomic E-state index is -5.51. The molecule has 0 saturated carbocycles. The van der Waals surface area contributed by atoms with Crippen molar-refractivity contribution < 1.29 is 138 Å². The zero-order valence-corrected chi connectivity index (χ0v) is 21.1. The van der Waals surface area contributed by atoms with Crippen LogP contribution in [0.1, 0.15) is 33.2 Å². The van der Waals surface area contributed by atoms with Gasteiger partial charge in [0.05, 0.1) is 0 Å². The quantitative estimate of drug-likeness (QED) is 0.343. The Kier molecular flexibility index (Phi) is 9.87. The molecule has 0 bridgehead atoms. The molecule has 0 fully saturated rings. The van der Waals surface area contributed by atoms with E-state index < -0.39 is 42.3 Å². The van der Waals surface area contributed by atoms with Crippen LogP contribution in [0.4, 0.5) is 0 Å². The number of Topliss-reactive ketones (excluding diaryl/α,β-unsaturated/α-hetero) is 2. The van der Waals surface area contributed by atoms with Crippen LogP contribution in [0.25, 0.3) is 0 Å². The summed E-state index contributed by atoms with van der Waals surface area (Å²) in [5.41, 5.74) is -0.362. The normalized spacial score (nSPS) is 20.6. The van der Waals surface area contributed by atoms with Crippen molar-refractivity contribution >= 4 is 31.8 Å². The van der Waals surface area contributed by atoms with Crippen molar-refractivity contribution in [3.8, 4) is 0 Å². The van der Waals surface area contributed by atoms with Gasteiger partial charge in [0.2, 0.25) is 0 Å². The Morgan fingerprint density at radius 3 is 1.79 bits per heavy atom. The number of ketones is 2. The average molecular weight is 425 g/mol. The molecule has 8 nitrogen and oxygen atoms in total. The molecule has 1 aromatic rings.